The normalized spacial score (nSPS) is 18.6. The Morgan fingerprint density at radius 3 is 2.41 bits per heavy atom. The predicted molar refractivity (Wildman–Crippen MR) is 56.6 cm³/mol. The number of rotatable bonds is 2. The molecule has 0 bridgehead atoms. The van der Waals surface area contributed by atoms with Crippen molar-refractivity contribution in [3.8, 4) is 5.75 Å². The van der Waals surface area contributed by atoms with Gasteiger partial charge in [-0.05, 0) is 18.2 Å². The Kier molecular flexibility index (Phi) is 2.99. The van der Waals surface area contributed by atoms with E-state index in [0.717, 1.165) is 0 Å². The molecule has 2 nitrogen and oxygen atoms in total. The summed E-state index contributed by atoms with van der Waals surface area (Å²) >= 11 is 5.75. The second-order valence-corrected chi connectivity index (χ2v) is 4.35. The molecule has 0 spiro atoms. The molecule has 1 fully saturated rings. The lowest BCUT2D eigenvalue weighted by Gasteiger charge is -2.43. The van der Waals surface area contributed by atoms with Crippen molar-refractivity contribution in [3.05, 3.63) is 28.8 Å². The molecule has 0 radical (unpaired) electrons. The fraction of sp³-hybridized carbons (Fsp3) is 0.455. The van der Waals surface area contributed by atoms with Crippen LogP contribution in [0.5, 0.6) is 5.75 Å². The molecule has 6 heteroatoms. The third kappa shape index (κ3) is 1.87. The largest absolute Gasteiger partial charge is 0.496 e. The van der Waals surface area contributed by atoms with Gasteiger partial charge in [-0.3, -0.25) is 0 Å². The molecular weight excluding hydrogens is 257 g/mol. The van der Waals surface area contributed by atoms with Crippen molar-refractivity contribution in [1.29, 1.82) is 0 Å². The minimum atomic E-state index is -4.39. The van der Waals surface area contributed by atoms with E-state index < -0.39 is 24.8 Å². The minimum absolute atomic E-state index is 0.0336. The Morgan fingerprint density at radius 1 is 1.35 bits per heavy atom. The molecule has 0 atom stereocenters. The van der Waals surface area contributed by atoms with Gasteiger partial charge in [-0.15, -0.1) is 0 Å². The summed E-state index contributed by atoms with van der Waals surface area (Å²) in [6.07, 6.45) is -4.39. The van der Waals surface area contributed by atoms with E-state index in [9.17, 15) is 13.2 Å². The zero-order valence-electron chi connectivity index (χ0n) is 8.97. The molecule has 0 saturated carbocycles. The van der Waals surface area contributed by atoms with Crippen LogP contribution in [0.4, 0.5) is 13.2 Å². The van der Waals surface area contributed by atoms with Crippen LogP contribution >= 0.6 is 11.6 Å². The average Bonchev–Trinajstić information content (AvgIpc) is 2.14. The Hall–Kier alpha value is -0.940. The van der Waals surface area contributed by atoms with Gasteiger partial charge in [0.25, 0.3) is 0 Å². The maximum absolute atomic E-state index is 13.1. The van der Waals surface area contributed by atoms with Crippen molar-refractivity contribution in [2.45, 2.75) is 11.6 Å². The summed E-state index contributed by atoms with van der Waals surface area (Å²) in [4.78, 5) is 0. The van der Waals surface area contributed by atoms with Crippen LogP contribution in [0.15, 0.2) is 18.2 Å². The Balaban J connectivity index is 2.54. The molecule has 0 amide bonds. The number of ether oxygens (including phenoxy) is 2. The number of hydrogen-bond acceptors (Lipinski definition) is 2. The van der Waals surface area contributed by atoms with E-state index in [1.165, 1.54) is 25.3 Å². The summed E-state index contributed by atoms with van der Waals surface area (Å²) in [6, 6.07) is 4.22. The summed E-state index contributed by atoms with van der Waals surface area (Å²) in [7, 11) is 1.33. The standard InChI is InChI=1S/C11H10ClF3O2/c1-16-9-3-2-7(12)4-8(9)10(5-17-6-10)11(13,14)15/h2-4H,5-6H2,1H3. The summed E-state index contributed by atoms with van der Waals surface area (Å²) in [5.74, 6) is 0.176. The highest BCUT2D eigenvalue weighted by Crippen LogP contribution is 2.49. The van der Waals surface area contributed by atoms with E-state index in [0.29, 0.717) is 0 Å². The molecule has 1 aromatic carbocycles. The number of halogens is 4. The maximum Gasteiger partial charge on any atom is 0.403 e. The van der Waals surface area contributed by atoms with Crippen molar-refractivity contribution in [3.63, 3.8) is 0 Å². The monoisotopic (exact) mass is 266 g/mol. The molecule has 0 aliphatic carbocycles. The third-order valence-electron chi connectivity index (χ3n) is 2.92. The van der Waals surface area contributed by atoms with E-state index in [1.807, 2.05) is 0 Å². The topological polar surface area (TPSA) is 18.5 Å². The van der Waals surface area contributed by atoms with Gasteiger partial charge in [0.15, 0.2) is 0 Å². The fourth-order valence-electron chi connectivity index (χ4n) is 1.83. The average molecular weight is 267 g/mol. The minimum Gasteiger partial charge on any atom is -0.496 e. The molecule has 0 unspecified atom stereocenters. The van der Waals surface area contributed by atoms with E-state index in [-0.39, 0.29) is 16.3 Å². The third-order valence-corrected chi connectivity index (χ3v) is 3.15. The summed E-state index contributed by atoms with van der Waals surface area (Å²) < 4.78 is 49.0. The summed E-state index contributed by atoms with van der Waals surface area (Å²) in [6.45, 7) is -0.791. The van der Waals surface area contributed by atoms with Crippen LogP contribution in [0.25, 0.3) is 0 Å². The molecule has 1 saturated heterocycles. The Morgan fingerprint density at radius 2 is 2.00 bits per heavy atom. The number of hydrogen-bond donors (Lipinski definition) is 0. The SMILES string of the molecule is COc1ccc(Cl)cc1C1(C(F)(F)F)COC1. The van der Waals surface area contributed by atoms with Crippen molar-refractivity contribution < 1.29 is 22.6 Å². The predicted octanol–water partition coefficient (Wildman–Crippen LogP) is 3.18. The van der Waals surface area contributed by atoms with Crippen LogP contribution in [0, 0.1) is 0 Å². The first-order valence-corrected chi connectivity index (χ1v) is 5.27. The first kappa shape index (κ1) is 12.5. The van der Waals surface area contributed by atoms with E-state index in [2.05, 4.69) is 0 Å². The van der Waals surface area contributed by atoms with Crippen LogP contribution in [-0.2, 0) is 10.2 Å². The zero-order valence-corrected chi connectivity index (χ0v) is 9.73. The highest BCUT2D eigenvalue weighted by molar-refractivity contribution is 6.30. The van der Waals surface area contributed by atoms with Gasteiger partial charge in [0.2, 0.25) is 0 Å². The molecule has 17 heavy (non-hydrogen) atoms. The van der Waals surface area contributed by atoms with Crippen LogP contribution in [0.1, 0.15) is 5.56 Å². The van der Waals surface area contributed by atoms with Gasteiger partial charge in [0.05, 0.1) is 20.3 Å². The molecule has 1 aliphatic rings. The molecule has 2 rings (SSSR count). The molecule has 1 heterocycles. The lowest BCUT2D eigenvalue weighted by Crippen LogP contribution is -2.57. The van der Waals surface area contributed by atoms with E-state index >= 15 is 0 Å². The smallest absolute Gasteiger partial charge is 0.403 e. The number of methoxy groups -OCH3 is 1. The summed E-state index contributed by atoms with van der Waals surface area (Å²) in [5, 5.41) is 0.247. The first-order valence-electron chi connectivity index (χ1n) is 4.89. The Labute approximate surface area is 101 Å². The van der Waals surface area contributed by atoms with Crippen molar-refractivity contribution in [2.75, 3.05) is 20.3 Å². The molecule has 94 valence electrons. The zero-order chi connectivity index (χ0) is 12.7. The van der Waals surface area contributed by atoms with E-state index in [1.54, 1.807) is 0 Å². The molecule has 1 aliphatic heterocycles. The van der Waals surface area contributed by atoms with E-state index in [4.69, 9.17) is 21.1 Å². The molecule has 0 aromatic heterocycles. The van der Waals surface area contributed by atoms with Gasteiger partial charge in [-0.2, -0.15) is 13.2 Å². The quantitative estimate of drug-likeness (QED) is 0.818. The maximum atomic E-state index is 13.1. The molecule has 0 N–H and O–H groups in total. The van der Waals surface area contributed by atoms with Crippen LogP contribution in [0.3, 0.4) is 0 Å². The molecule has 1 aromatic rings. The van der Waals surface area contributed by atoms with Crippen molar-refractivity contribution in [2.24, 2.45) is 0 Å². The van der Waals surface area contributed by atoms with Gasteiger partial charge in [0, 0.05) is 10.6 Å². The summed E-state index contributed by atoms with van der Waals surface area (Å²) in [5.41, 5.74) is -1.96. The van der Waals surface area contributed by atoms with Gasteiger partial charge in [0.1, 0.15) is 11.2 Å². The first-order chi connectivity index (χ1) is 7.90. The van der Waals surface area contributed by atoms with Gasteiger partial charge >= 0.3 is 6.18 Å². The fourth-order valence-corrected chi connectivity index (χ4v) is 2.00. The number of benzene rings is 1. The number of alkyl halides is 3. The van der Waals surface area contributed by atoms with Crippen LogP contribution < -0.4 is 4.74 Å². The van der Waals surface area contributed by atoms with Crippen molar-refractivity contribution >= 4 is 11.6 Å². The lowest BCUT2D eigenvalue weighted by atomic mass is 9.77. The van der Waals surface area contributed by atoms with Gasteiger partial charge < -0.3 is 9.47 Å². The second kappa shape index (κ2) is 4.07. The Bertz CT molecular complexity index is 427. The van der Waals surface area contributed by atoms with Crippen LogP contribution in [-0.4, -0.2) is 26.5 Å². The highest BCUT2D eigenvalue weighted by Gasteiger charge is 2.62. The van der Waals surface area contributed by atoms with Gasteiger partial charge in [-0.25, -0.2) is 0 Å². The lowest BCUT2D eigenvalue weighted by molar-refractivity contribution is -0.262. The van der Waals surface area contributed by atoms with Crippen molar-refractivity contribution in [1.82, 2.24) is 0 Å². The second-order valence-electron chi connectivity index (χ2n) is 3.92. The van der Waals surface area contributed by atoms with Gasteiger partial charge in [-0.1, -0.05) is 11.6 Å². The molecular formula is C11H10ClF3O2. The highest BCUT2D eigenvalue weighted by atomic mass is 35.5. The van der Waals surface area contributed by atoms with Crippen LogP contribution in [0.2, 0.25) is 5.02 Å².